The van der Waals surface area contributed by atoms with Crippen molar-refractivity contribution in [1.29, 1.82) is 0 Å². The van der Waals surface area contributed by atoms with E-state index in [1.165, 1.54) is 29.6 Å². The molecule has 0 aromatic carbocycles. The zero-order valence-corrected chi connectivity index (χ0v) is 17.4. The number of rotatable bonds is 12. The number of nitrogens with one attached hydrogen (secondary N) is 2. The molecule has 0 saturated heterocycles. The molecule has 2 rings (SSSR count). The highest BCUT2D eigenvalue weighted by Crippen LogP contribution is 2.20. The maximum absolute atomic E-state index is 11.1. The lowest BCUT2D eigenvalue weighted by Gasteiger charge is -2.10. The number of carbonyl (C=O) groups excluding carboxylic acids is 2. The van der Waals surface area contributed by atoms with E-state index in [9.17, 15) is 14.7 Å². The predicted octanol–water partition coefficient (Wildman–Crippen LogP) is 0.132. The fourth-order valence-electron chi connectivity index (χ4n) is 1.78. The lowest BCUT2D eigenvalue weighted by molar-refractivity contribution is -0.143. The fraction of sp³-hybridized carbons (Fsp3) is 0.571. The Kier molecular flexibility index (Phi) is 9.49. The minimum atomic E-state index is -1.03. The van der Waals surface area contributed by atoms with Crippen molar-refractivity contribution < 1.29 is 24.5 Å². The van der Waals surface area contributed by atoms with Crippen LogP contribution in [-0.4, -0.2) is 73.4 Å². The molecule has 0 bridgehead atoms. The van der Waals surface area contributed by atoms with Gasteiger partial charge >= 0.3 is 5.97 Å². The van der Waals surface area contributed by atoms with Gasteiger partial charge in [0.15, 0.2) is 6.23 Å². The number of aryl methyl sites for hydroxylation is 2. The van der Waals surface area contributed by atoms with Gasteiger partial charge in [-0.25, -0.2) is 0 Å². The van der Waals surface area contributed by atoms with Crippen LogP contribution in [0.5, 0.6) is 0 Å². The number of nitrogens with zero attached hydrogens (tertiary/aromatic N) is 4. The van der Waals surface area contributed by atoms with Crippen LogP contribution in [0.15, 0.2) is 0 Å². The first-order valence-electron chi connectivity index (χ1n) is 8.17. The summed E-state index contributed by atoms with van der Waals surface area (Å²) in [5.74, 6) is 0.711. The Bertz CT molecular complexity index is 770. The van der Waals surface area contributed by atoms with Crippen LogP contribution in [0.4, 0.5) is 10.3 Å². The molecule has 154 valence electrons. The van der Waals surface area contributed by atoms with Crippen LogP contribution in [0, 0.1) is 0 Å². The van der Waals surface area contributed by atoms with Crippen LogP contribution in [0.3, 0.4) is 0 Å². The minimum Gasteiger partial charge on any atom is -0.461 e. The number of thioether (sulfide) groups is 1. The highest BCUT2D eigenvalue weighted by atomic mass is 32.2. The van der Waals surface area contributed by atoms with Crippen molar-refractivity contribution in [1.82, 2.24) is 20.4 Å². The molecular weight excluding hydrogens is 428 g/mol. The topological polar surface area (TPSA) is 159 Å². The third-order valence-corrected chi connectivity index (χ3v) is 5.78. The number of anilines is 2. The molecule has 4 N–H and O–H groups in total. The second-order valence-electron chi connectivity index (χ2n) is 5.28. The number of hydrogen-bond donors (Lipinski definition) is 4. The van der Waals surface area contributed by atoms with Gasteiger partial charge in [0, 0.05) is 19.8 Å². The number of ether oxygens (including phenoxy) is 1. The molecule has 2 aromatic rings. The second-order valence-corrected chi connectivity index (χ2v) is 8.63. The first kappa shape index (κ1) is 22.4. The Morgan fingerprint density at radius 3 is 2.32 bits per heavy atom. The second kappa shape index (κ2) is 11.9. The Balaban J connectivity index is 1.61. The molecule has 1 amide bonds. The Morgan fingerprint density at radius 2 is 1.71 bits per heavy atom. The molecule has 0 aliphatic heterocycles. The average Bonchev–Trinajstić information content (AvgIpc) is 3.29. The molecule has 0 aliphatic rings. The normalized spacial score (nSPS) is 11.8. The van der Waals surface area contributed by atoms with E-state index in [1.807, 2.05) is 0 Å². The summed E-state index contributed by atoms with van der Waals surface area (Å²) in [7, 11) is 0. The van der Waals surface area contributed by atoms with Crippen LogP contribution in [-0.2, 0) is 27.2 Å². The van der Waals surface area contributed by atoms with Gasteiger partial charge in [-0.05, 0) is 11.5 Å². The van der Waals surface area contributed by atoms with Crippen LogP contribution in [0.1, 0.15) is 16.9 Å². The molecule has 2 aromatic heterocycles. The molecule has 14 heteroatoms. The van der Waals surface area contributed by atoms with Crippen molar-refractivity contribution >= 4 is 56.6 Å². The zero-order valence-electron chi connectivity index (χ0n) is 15.0. The highest BCUT2D eigenvalue weighted by Gasteiger charge is 2.11. The third-order valence-electron chi connectivity index (χ3n) is 2.98. The van der Waals surface area contributed by atoms with E-state index in [4.69, 9.17) is 9.84 Å². The number of hydrogen-bond acceptors (Lipinski definition) is 13. The van der Waals surface area contributed by atoms with Gasteiger partial charge in [0.1, 0.15) is 23.2 Å². The lowest BCUT2D eigenvalue weighted by atomic mass is 10.5. The maximum Gasteiger partial charge on any atom is 0.302 e. The smallest absolute Gasteiger partial charge is 0.302 e. The molecule has 0 radical (unpaired) electrons. The molecule has 0 spiro atoms. The fourth-order valence-corrected chi connectivity index (χ4v) is 4.46. The monoisotopic (exact) mass is 448 g/mol. The van der Waals surface area contributed by atoms with Gasteiger partial charge in [0.25, 0.3) is 5.91 Å². The van der Waals surface area contributed by atoms with Crippen LogP contribution in [0.2, 0.25) is 0 Å². The van der Waals surface area contributed by atoms with Gasteiger partial charge in [0.2, 0.25) is 10.3 Å². The molecule has 0 fully saturated rings. The van der Waals surface area contributed by atoms with E-state index in [0.717, 1.165) is 34.4 Å². The standard InChI is InChI=1S/C14H20N6O5S3/c1-8(22)25-7-10(24)16-14-20-18-12(28-14)3-5-26-4-2-11-17-19-13(27-11)15-9(23)6-21/h10,21,24H,2-7H2,1H3,(H,16,20)(H,15,19,23). The molecular formula is C14H20N6O5S3. The summed E-state index contributed by atoms with van der Waals surface area (Å²) in [6.07, 6.45) is 0.429. The van der Waals surface area contributed by atoms with Crippen LogP contribution >= 0.6 is 34.4 Å². The number of carbonyl (C=O) groups is 2. The number of aromatic nitrogens is 4. The van der Waals surface area contributed by atoms with Gasteiger partial charge in [-0.1, -0.05) is 22.7 Å². The van der Waals surface area contributed by atoms with Gasteiger partial charge in [-0.15, -0.1) is 20.4 Å². The van der Waals surface area contributed by atoms with Crippen molar-refractivity contribution in [2.75, 3.05) is 35.4 Å². The van der Waals surface area contributed by atoms with Gasteiger partial charge < -0.3 is 20.3 Å². The van der Waals surface area contributed by atoms with Crippen molar-refractivity contribution in [3.8, 4) is 0 Å². The predicted molar refractivity (Wildman–Crippen MR) is 107 cm³/mol. The number of esters is 1. The molecule has 11 nitrogen and oxygen atoms in total. The van der Waals surface area contributed by atoms with Gasteiger partial charge in [0.05, 0.1) is 0 Å². The quantitative estimate of drug-likeness (QED) is 0.198. The number of amides is 1. The van der Waals surface area contributed by atoms with Crippen LogP contribution < -0.4 is 10.6 Å². The number of aliphatic hydroxyl groups is 2. The Morgan fingerprint density at radius 1 is 1.11 bits per heavy atom. The van der Waals surface area contributed by atoms with Gasteiger partial charge in [-0.3, -0.25) is 14.9 Å². The molecule has 28 heavy (non-hydrogen) atoms. The SMILES string of the molecule is CC(=O)OCC(O)Nc1nnc(CCSCCc2nnc(NC(=O)CO)s2)s1. The molecule has 2 heterocycles. The Hall–Kier alpha value is -1.87. The van der Waals surface area contributed by atoms with Crippen molar-refractivity contribution in [3.63, 3.8) is 0 Å². The van der Waals surface area contributed by atoms with Gasteiger partial charge in [-0.2, -0.15) is 11.8 Å². The maximum atomic E-state index is 11.1. The van der Waals surface area contributed by atoms with Crippen molar-refractivity contribution in [2.45, 2.75) is 26.0 Å². The lowest BCUT2D eigenvalue weighted by Crippen LogP contribution is -2.25. The van der Waals surface area contributed by atoms with E-state index >= 15 is 0 Å². The van der Waals surface area contributed by atoms with E-state index < -0.39 is 24.7 Å². The van der Waals surface area contributed by atoms with E-state index in [2.05, 4.69) is 31.0 Å². The summed E-state index contributed by atoms with van der Waals surface area (Å²) in [5.41, 5.74) is 0. The first-order chi connectivity index (χ1) is 13.5. The molecule has 1 unspecified atom stereocenters. The minimum absolute atomic E-state index is 0.156. The highest BCUT2D eigenvalue weighted by molar-refractivity contribution is 7.99. The number of aliphatic hydroxyl groups excluding tert-OH is 2. The molecule has 1 atom stereocenters. The van der Waals surface area contributed by atoms with Crippen molar-refractivity contribution in [2.24, 2.45) is 0 Å². The Labute approximate surface area is 172 Å². The summed E-state index contributed by atoms with van der Waals surface area (Å²) < 4.78 is 4.70. The molecule has 0 aliphatic carbocycles. The van der Waals surface area contributed by atoms with Crippen molar-refractivity contribution in [3.05, 3.63) is 10.0 Å². The zero-order chi connectivity index (χ0) is 20.4. The largest absolute Gasteiger partial charge is 0.461 e. The average molecular weight is 449 g/mol. The third kappa shape index (κ3) is 8.43. The first-order valence-corrected chi connectivity index (χ1v) is 11.0. The van der Waals surface area contributed by atoms with E-state index in [-0.39, 0.29) is 6.61 Å². The summed E-state index contributed by atoms with van der Waals surface area (Å²) in [6, 6.07) is 0. The molecule has 0 saturated carbocycles. The van der Waals surface area contributed by atoms with E-state index in [1.54, 1.807) is 11.8 Å². The summed E-state index contributed by atoms with van der Waals surface area (Å²) in [5, 5.41) is 41.8. The van der Waals surface area contributed by atoms with E-state index in [0.29, 0.717) is 10.3 Å². The summed E-state index contributed by atoms with van der Waals surface area (Å²) >= 11 is 4.34. The summed E-state index contributed by atoms with van der Waals surface area (Å²) in [4.78, 5) is 21.8. The van der Waals surface area contributed by atoms with Crippen LogP contribution in [0.25, 0.3) is 0 Å². The summed E-state index contributed by atoms with van der Waals surface area (Å²) in [6.45, 7) is 0.530.